The van der Waals surface area contributed by atoms with Crippen molar-refractivity contribution in [2.24, 2.45) is 5.92 Å². The van der Waals surface area contributed by atoms with E-state index in [1.807, 2.05) is 7.05 Å². The first-order valence-electron chi connectivity index (χ1n) is 8.62. The van der Waals surface area contributed by atoms with Crippen molar-refractivity contribution in [2.75, 3.05) is 26.7 Å². The van der Waals surface area contributed by atoms with Crippen LogP contribution in [0.25, 0.3) is 5.69 Å². The highest BCUT2D eigenvalue weighted by Crippen LogP contribution is 2.21. The van der Waals surface area contributed by atoms with Gasteiger partial charge in [-0.15, -0.1) is 17.5 Å². The van der Waals surface area contributed by atoms with E-state index >= 15 is 0 Å². The Labute approximate surface area is 163 Å². The highest BCUT2D eigenvalue weighted by atomic mass is 35.5. The van der Waals surface area contributed by atoms with E-state index in [1.54, 1.807) is 24.0 Å². The molecule has 0 atom stereocenters. The number of aromatic nitrogens is 3. The van der Waals surface area contributed by atoms with Crippen LogP contribution < -0.4 is 5.32 Å². The number of carbonyl (C=O) groups excluding carboxylic acids is 1. The van der Waals surface area contributed by atoms with E-state index in [0.717, 1.165) is 19.4 Å². The Bertz CT molecular complexity index is 817. The van der Waals surface area contributed by atoms with Crippen molar-refractivity contribution in [3.8, 4) is 5.69 Å². The minimum absolute atomic E-state index is 0. The van der Waals surface area contributed by atoms with Gasteiger partial charge in [-0.05, 0) is 45.3 Å². The predicted molar refractivity (Wildman–Crippen MR) is 103 cm³/mol. The second kappa shape index (κ2) is 8.92. The number of halogens is 1. The topological polar surface area (TPSA) is 106 Å². The van der Waals surface area contributed by atoms with Crippen molar-refractivity contribution in [2.45, 2.75) is 19.8 Å². The van der Waals surface area contributed by atoms with Crippen molar-refractivity contribution in [1.82, 2.24) is 25.2 Å². The first-order chi connectivity index (χ1) is 12.5. The fourth-order valence-corrected chi connectivity index (χ4v) is 3.29. The van der Waals surface area contributed by atoms with E-state index in [9.17, 15) is 14.9 Å². The Hall–Kier alpha value is -2.52. The monoisotopic (exact) mass is 394 g/mol. The predicted octanol–water partition coefficient (Wildman–Crippen LogP) is 1.98. The maximum atomic E-state index is 12.8. The maximum absolute atomic E-state index is 12.8. The Balaban J connectivity index is 0.00000261. The molecule has 2 heterocycles. The Kier molecular flexibility index (Phi) is 6.86. The molecule has 1 aliphatic rings. The number of non-ortho nitro benzene ring substituents is 1. The quantitative estimate of drug-likeness (QED) is 0.613. The number of nitro benzene ring substituents is 1. The molecular formula is C17H23ClN6O3. The van der Waals surface area contributed by atoms with Crippen LogP contribution in [0.3, 0.4) is 0 Å². The number of hydrogen-bond donors (Lipinski definition) is 1. The summed E-state index contributed by atoms with van der Waals surface area (Å²) in [6.45, 7) is 4.12. The molecule has 1 saturated heterocycles. The van der Waals surface area contributed by atoms with E-state index in [1.165, 1.54) is 16.8 Å². The van der Waals surface area contributed by atoms with Crippen molar-refractivity contribution in [3.05, 3.63) is 45.8 Å². The summed E-state index contributed by atoms with van der Waals surface area (Å²) in [4.78, 5) is 25.1. The summed E-state index contributed by atoms with van der Waals surface area (Å²) in [7, 11) is 1.94. The highest BCUT2D eigenvalue weighted by Gasteiger charge is 2.27. The number of piperidine rings is 1. The van der Waals surface area contributed by atoms with Gasteiger partial charge in [0.05, 0.1) is 16.3 Å². The molecule has 0 radical (unpaired) electrons. The highest BCUT2D eigenvalue weighted by molar-refractivity contribution is 5.93. The molecule has 10 heteroatoms. The molecule has 2 aromatic rings. The van der Waals surface area contributed by atoms with Gasteiger partial charge >= 0.3 is 0 Å². The van der Waals surface area contributed by atoms with Gasteiger partial charge in [0.25, 0.3) is 11.6 Å². The molecule has 0 spiro atoms. The van der Waals surface area contributed by atoms with Crippen molar-refractivity contribution < 1.29 is 9.72 Å². The van der Waals surface area contributed by atoms with Crippen LogP contribution in [0.15, 0.2) is 24.3 Å². The first kappa shape index (κ1) is 20.8. The number of nitrogens with one attached hydrogen (secondary N) is 1. The summed E-state index contributed by atoms with van der Waals surface area (Å²) in [6.07, 6.45) is 1.93. The molecule has 0 bridgehead atoms. The van der Waals surface area contributed by atoms with Gasteiger partial charge < -0.3 is 10.2 Å². The second-order valence-corrected chi connectivity index (χ2v) is 6.51. The molecule has 1 aliphatic heterocycles. The molecule has 0 aliphatic carbocycles. The molecule has 0 unspecified atom stereocenters. The number of benzene rings is 1. The average Bonchev–Trinajstić information content (AvgIpc) is 3.03. The van der Waals surface area contributed by atoms with Gasteiger partial charge in [0.15, 0.2) is 5.69 Å². The fraction of sp³-hybridized carbons (Fsp3) is 0.471. The maximum Gasteiger partial charge on any atom is 0.276 e. The van der Waals surface area contributed by atoms with Crippen LogP contribution in [0.5, 0.6) is 0 Å². The van der Waals surface area contributed by atoms with E-state index in [2.05, 4.69) is 15.6 Å². The normalized spacial score (nSPS) is 14.7. The van der Waals surface area contributed by atoms with Crippen LogP contribution in [0.1, 0.15) is 29.0 Å². The van der Waals surface area contributed by atoms with Gasteiger partial charge in [0.2, 0.25) is 0 Å². The van der Waals surface area contributed by atoms with Crippen LogP contribution >= 0.6 is 12.4 Å². The SMILES string of the molecule is CNCC1CCN(C(=O)c2nnn(-c3cccc([N+](=O)[O-])c3)c2C)CC1.Cl. The van der Waals surface area contributed by atoms with Crippen LogP contribution in [-0.4, -0.2) is 57.4 Å². The Morgan fingerprint density at radius 2 is 2.07 bits per heavy atom. The van der Waals surface area contributed by atoms with Crippen LogP contribution in [0, 0.1) is 23.0 Å². The van der Waals surface area contributed by atoms with E-state index < -0.39 is 4.92 Å². The lowest BCUT2D eigenvalue weighted by molar-refractivity contribution is -0.384. The smallest absolute Gasteiger partial charge is 0.276 e. The Morgan fingerprint density at radius 1 is 1.37 bits per heavy atom. The lowest BCUT2D eigenvalue weighted by Crippen LogP contribution is -2.40. The zero-order valence-electron chi connectivity index (χ0n) is 15.3. The summed E-state index contributed by atoms with van der Waals surface area (Å²) in [5, 5.41) is 22.2. The van der Waals surface area contributed by atoms with E-state index in [4.69, 9.17) is 0 Å². The number of rotatable bonds is 5. The molecular weight excluding hydrogens is 372 g/mol. The van der Waals surface area contributed by atoms with Crippen LogP contribution in [0.2, 0.25) is 0 Å². The van der Waals surface area contributed by atoms with Gasteiger partial charge in [-0.1, -0.05) is 11.3 Å². The zero-order valence-corrected chi connectivity index (χ0v) is 16.1. The summed E-state index contributed by atoms with van der Waals surface area (Å²) in [5.41, 5.74) is 1.35. The standard InChI is InChI=1S/C17H22N6O3.ClH/c1-12-16(17(24)21-8-6-13(7-9-21)11-18-2)19-20-22(12)14-4-3-5-15(10-14)23(25)26;/h3-5,10,13,18H,6-9,11H2,1-2H3;1H. The molecule has 0 saturated carbocycles. The third kappa shape index (κ3) is 4.42. The zero-order chi connectivity index (χ0) is 18.7. The van der Waals surface area contributed by atoms with Crippen molar-refractivity contribution >= 4 is 24.0 Å². The molecule has 1 fully saturated rings. The minimum Gasteiger partial charge on any atom is -0.337 e. The average molecular weight is 395 g/mol. The number of likely N-dealkylation sites (tertiary alicyclic amines) is 1. The van der Waals surface area contributed by atoms with Gasteiger partial charge in [-0.25, -0.2) is 4.68 Å². The second-order valence-electron chi connectivity index (χ2n) is 6.51. The number of amides is 1. The summed E-state index contributed by atoms with van der Waals surface area (Å²) in [5.74, 6) is 0.452. The number of carbonyl (C=O) groups is 1. The van der Waals surface area contributed by atoms with Gasteiger partial charge in [-0.3, -0.25) is 14.9 Å². The van der Waals surface area contributed by atoms with Crippen LogP contribution in [0.4, 0.5) is 5.69 Å². The summed E-state index contributed by atoms with van der Waals surface area (Å²) < 4.78 is 1.47. The molecule has 1 aromatic heterocycles. The minimum atomic E-state index is -0.461. The van der Waals surface area contributed by atoms with Gasteiger partial charge in [0.1, 0.15) is 0 Å². The molecule has 1 N–H and O–H groups in total. The molecule has 27 heavy (non-hydrogen) atoms. The largest absolute Gasteiger partial charge is 0.337 e. The third-order valence-corrected chi connectivity index (χ3v) is 4.78. The van der Waals surface area contributed by atoms with E-state index in [-0.39, 0.29) is 24.0 Å². The fourth-order valence-electron chi connectivity index (χ4n) is 3.29. The number of nitro groups is 1. The van der Waals surface area contributed by atoms with Crippen molar-refractivity contribution in [1.29, 1.82) is 0 Å². The third-order valence-electron chi connectivity index (χ3n) is 4.78. The molecule has 1 amide bonds. The number of hydrogen-bond acceptors (Lipinski definition) is 6. The summed E-state index contributed by atoms with van der Waals surface area (Å²) >= 11 is 0. The summed E-state index contributed by atoms with van der Waals surface area (Å²) in [6, 6.07) is 6.12. The van der Waals surface area contributed by atoms with Gasteiger partial charge in [-0.2, -0.15) is 0 Å². The van der Waals surface area contributed by atoms with E-state index in [0.29, 0.717) is 36.1 Å². The van der Waals surface area contributed by atoms with Crippen LogP contribution in [-0.2, 0) is 0 Å². The lowest BCUT2D eigenvalue weighted by Gasteiger charge is -2.31. The Morgan fingerprint density at radius 3 is 2.70 bits per heavy atom. The van der Waals surface area contributed by atoms with Crippen molar-refractivity contribution in [3.63, 3.8) is 0 Å². The van der Waals surface area contributed by atoms with Gasteiger partial charge in [0, 0.05) is 25.2 Å². The number of nitrogens with zero attached hydrogens (tertiary/aromatic N) is 5. The molecule has 146 valence electrons. The molecule has 3 rings (SSSR count). The first-order valence-corrected chi connectivity index (χ1v) is 8.62. The lowest BCUT2D eigenvalue weighted by atomic mass is 9.96. The molecule has 9 nitrogen and oxygen atoms in total. The molecule has 1 aromatic carbocycles.